The van der Waals surface area contributed by atoms with Gasteiger partial charge in [0.05, 0.1) is 4.92 Å². The van der Waals surface area contributed by atoms with Crippen molar-refractivity contribution in [2.45, 2.75) is 0 Å². The minimum atomic E-state index is -0.437. The molecule has 0 bridgehead atoms. The SMILES string of the molecule is C=C1CS/C(=C\[N+](=O)[O-])S1. The first-order valence-corrected chi connectivity index (χ1v) is 4.32. The van der Waals surface area contributed by atoms with E-state index in [1.165, 1.54) is 23.5 Å². The Morgan fingerprint density at radius 2 is 2.50 bits per heavy atom. The van der Waals surface area contributed by atoms with E-state index < -0.39 is 4.92 Å². The number of nitro groups is 1. The molecule has 10 heavy (non-hydrogen) atoms. The zero-order chi connectivity index (χ0) is 7.56. The van der Waals surface area contributed by atoms with Gasteiger partial charge in [0.2, 0.25) is 0 Å². The van der Waals surface area contributed by atoms with Crippen LogP contribution in [-0.2, 0) is 0 Å². The fourth-order valence-electron chi connectivity index (χ4n) is 0.502. The minimum Gasteiger partial charge on any atom is -0.259 e. The van der Waals surface area contributed by atoms with Gasteiger partial charge in [0.1, 0.15) is 4.24 Å². The second-order valence-electron chi connectivity index (χ2n) is 1.66. The van der Waals surface area contributed by atoms with Crippen molar-refractivity contribution in [2.75, 3.05) is 5.75 Å². The first kappa shape index (κ1) is 7.68. The maximum Gasteiger partial charge on any atom is 0.254 e. The quantitative estimate of drug-likeness (QED) is 0.452. The van der Waals surface area contributed by atoms with Crippen molar-refractivity contribution in [1.82, 2.24) is 0 Å². The van der Waals surface area contributed by atoms with Crippen molar-refractivity contribution < 1.29 is 4.92 Å². The number of rotatable bonds is 1. The van der Waals surface area contributed by atoms with E-state index in [0.717, 1.165) is 21.1 Å². The van der Waals surface area contributed by atoms with Gasteiger partial charge in [-0.3, -0.25) is 10.1 Å². The van der Waals surface area contributed by atoms with Gasteiger partial charge in [-0.2, -0.15) is 0 Å². The summed E-state index contributed by atoms with van der Waals surface area (Å²) in [6.45, 7) is 3.69. The molecule has 1 aliphatic heterocycles. The standard InChI is InChI=1S/C5H5NO2S2/c1-4-3-9-5(10-4)2-6(7)8/h2H,1,3H2/b5-2+. The molecule has 1 saturated heterocycles. The monoisotopic (exact) mass is 175 g/mol. The first-order valence-electron chi connectivity index (χ1n) is 2.52. The molecule has 1 aliphatic rings. The van der Waals surface area contributed by atoms with E-state index >= 15 is 0 Å². The van der Waals surface area contributed by atoms with Crippen molar-refractivity contribution in [3.05, 3.63) is 32.0 Å². The van der Waals surface area contributed by atoms with Crippen LogP contribution in [0.4, 0.5) is 0 Å². The predicted molar refractivity (Wildman–Crippen MR) is 44.3 cm³/mol. The van der Waals surface area contributed by atoms with Gasteiger partial charge in [-0.25, -0.2) is 0 Å². The summed E-state index contributed by atoms with van der Waals surface area (Å²) in [5.41, 5.74) is 0. The molecular formula is C5H5NO2S2. The summed E-state index contributed by atoms with van der Waals surface area (Å²) in [6.07, 6.45) is 1.02. The molecule has 1 fully saturated rings. The lowest BCUT2D eigenvalue weighted by Crippen LogP contribution is -1.82. The van der Waals surface area contributed by atoms with E-state index in [1.54, 1.807) is 0 Å². The molecule has 0 atom stereocenters. The van der Waals surface area contributed by atoms with Crippen LogP contribution in [-0.4, -0.2) is 10.7 Å². The van der Waals surface area contributed by atoms with Crippen LogP contribution in [0.25, 0.3) is 0 Å². The van der Waals surface area contributed by atoms with Gasteiger partial charge in [-0.05, 0) is 4.91 Å². The topological polar surface area (TPSA) is 43.1 Å². The van der Waals surface area contributed by atoms with Crippen LogP contribution in [0.3, 0.4) is 0 Å². The first-order chi connectivity index (χ1) is 4.68. The van der Waals surface area contributed by atoms with Gasteiger partial charge in [0.15, 0.2) is 0 Å². The average molecular weight is 175 g/mol. The highest BCUT2D eigenvalue weighted by Crippen LogP contribution is 2.42. The lowest BCUT2D eigenvalue weighted by Gasteiger charge is -1.84. The third kappa shape index (κ3) is 2.07. The Balaban J connectivity index is 2.59. The van der Waals surface area contributed by atoms with Crippen LogP contribution in [0.15, 0.2) is 21.9 Å². The molecule has 0 radical (unpaired) electrons. The summed E-state index contributed by atoms with van der Waals surface area (Å²) >= 11 is 2.84. The van der Waals surface area contributed by atoms with Crippen LogP contribution < -0.4 is 0 Å². The minimum absolute atomic E-state index is 0.437. The number of hydrogen-bond donors (Lipinski definition) is 0. The van der Waals surface area contributed by atoms with Crippen molar-refractivity contribution in [2.24, 2.45) is 0 Å². The van der Waals surface area contributed by atoms with E-state index in [-0.39, 0.29) is 0 Å². The normalized spacial score (nSPS) is 22.0. The Labute approximate surface area is 66.7 Å². The van der Waals surface area contributed by atoms with Gasteiger partial charge in [0.25, 0.3) is 6.20 Å². The predicted octanol–water partition coefficient (Wildman–Crippen LogP) is 2.06. The van der Waals surface area contributed by atoms with Crippen molar-refractivity contribution >= 4 is 23.5 Å². The third-order valence-electron chi connectivity index (χ3n) is 0.831. The fourth-order valence-corrected chi connectivity index (χ4v) is 2.57. The van der Waals surface area contributed by atoms with Crippen molar-refractivity contribution in [3.8, 4) is 0 Å². The molecule has 0 aromatic rings. The van der Waals surface area contributed by atoms with Crippen molar-refractivity contribution in [3.63, 3.8) is 0 Å². The third-order valence-corrected chi connectivity index (χ3v) is 3.24. The molecule has 0 aliphatic carbocycles. The summed E-state index contributed by atoms with van der Waals surface area (Å²) in [6, 6.07) is 0. The smallest absolute Gasteiger partial charge is 0.254 e. The van der Waals surface area contributed by atoms with Crippen LogP contribution in [0, 0.1) is 10.1 Å². The van der Waals surface area contributed by atoms with Crippen LogP contribution in [0.1, 0.15) is 0 Å². The van der Waals surface area contributed by atoms with Gasteiger partial charge < -0.3 is 0 Å². The zero-order valence-electron chi connectivity index (χ0n) is 5.07. The lowest BCUT2D eigenvalue weighted by molar-refractivity contribution is -0.402. The van der Waals surface area contributed by atoms with Gasteiger partial charge in [-0.1, -0.05) is 18.3 Å². The molecule has 54 valence electrons. The van der Waals surface area contributed by atoms with Crippen LogP contribution in [0.2, 0.25) is 0 Å². The molecule has 5 heteroatoms. The molecule has 0 spiro atoms. The second kappa shape index (κ2) is 3.12. The highest BCUT2D eigenvalue weighted by Gasteiger charge is 2.14. The summed E-state index contributed by atoms with van der Waals surface area (Å²) in [4.78, 5) is 10.5. The highest BCUT2D eigenvalue weighted by molar-refractivity contribution is 8.27. The summed E-state index contributed by atoms with van der Waals surface area (Å²) < 4.78 is 0.731. The van der Waals surface area contributed by atoms with Gasteiger partial charge >= 0.3 is 0 Å². The molecule has 1 heterocycles. The van der Waals surface area contributed by atoms with Gasteiger partial charge in [0, 0.05) is 5.75 Å². The Hall–Kier alpha value is -0.420. The Morgan fingerprint density at radius 3 is 2.90 bits per heavy atom. The largest absolute Gasteiger partial charge is 0.259 e. The second-order valence-corrected chi connectivity index (χ2v) is 4.16. The molecule has 3 nitrogen and oxygen atoms in total. The number of nitrogens with zero attached hydrogens (tertiary/aromatic N) is 1. The zero-order valence-corrected chi connectivity index (χ0v) is 6.70. The van der Waals surface area contributed by atoms with E-state index in [1.807, 2.05) is 0 Å². The molecular weight excluding hydrogens is 170 g/mol. The Bertz CT molecular complexity index is 212. The Kier molecular flexibility index (Phi) is 2.39. The molecule has 1 rings (SSSR count). The van der Waals surface area contributed by atoms with E-state index in [2.05, 4.69) is 6.58 Å². The maximum atomic E-state index is 9.93. The molecule has 0 aromatic carbocycles. The molecule has 0 saturated carbocycles. The van der Waals surface area contributed by atoms with Crippen molar-refractivity contribution in [1.29, 1.82) is 0 Å². The molecule has 0 unspecified atom stereocenters. The average Bonchev–Trinajstić information content (AvgIpc) is 2.13. The molecule has 0 aromatic heterocycles. The van der Waals surface area contributed by atoms with E-state index in [0.29, 0.717) is 0 Å². The van der Waals surface area contributed by atoms with Crippen LogP contribution in [0.5, 0.6) is 0 Å². The summed E-state index contributed by atoms with van der Waals surface area (Å²) in [5, 5.41) is 9.93. The number of hydrogen-bond acceptors (Lipinski definition) is 4. The number of thioether (sulfide) groups is 2. The van der Waals surface area contributed by atoms with Crippen LogP contribution >= 0.6 is 23.5 Å². The maximum absolute atomic E-state index is 9.93. The summed E-state index contributed by atoms with van der Waals surface area (Å²) in [7, 11) is 0. The van der Waals surface area contributed by atoms with Gasteiger partial charge in [-0.15, -0.1) is 11.8 Å². The lowest BCUT2D eigenvalue weighted by atomic mass is 10.7. The van der Waals surface area contributed by atoms with E-state index in [9.17, 15) is 10.1 Å². The molecule has 0 N–H and O–H groups in total. The molecule has 0 amide bonds. The van der Waals surface area contributed by atoms with E-state index in [4.69, 9.17) is 0 Å². The summed E-state index contributed by atoms with van der Waals surface area (Å²) in [5.74, 6) is 0.796. The highest BCUT2D eigenvalue weighted by atomic mass is 32.2. The fraction of sp³-hybridized carbons (Fsp3) is 0.200. The Morgan fingerprint density at radius 1 is 1.80 bits per heavy atom.